The second kappa shape index (κ2) is 11.4. The van der Waals surface area contributed by atoms with E-state index in [0.29, 0.717) is 32.4 Å². The predicted octanol–water partition coefficient (Wildman–Crippen LogP) is -0.143. The summed E-state index contributed by atoms with van der Waals surface area (Å²) >= 11 is 0. The van der Waals surface area contributed by atoms with Gasteiger partial charge in [-0.15, -0.1) is 0 Å². The summed E-state index contributed by atoms with van der Waals surface area (Å²) in [7, 11) is -7.87. The maximum Gasteiger partial charge on any atom is 0.248 e. The minimum absolute atomic E-state index is 0.0459. The summed E-state index contributed by atoms with van der Waals surface area (Å²) in [5, 5.41) is 18.8. The average molecular weight is 571 g/mol. The molecule has 0 radical (unpaired) electrons. The number of ether oxygens (including phenoxy) is 2. The van der Waals surface area contributed by atoms with E-state index in [1.54, 1.807) is 16.8 Å². The van der Waals surface area contributed by atoms with Gasteiger partial charge in [0.05, 0.1) is 12.2 Å². The molecule has 0 bridgehead atoms. The number of nitrogens with two attached hydrogens (primary N) is 1. The van der Waals surface area contributed by atoms with Crippen LogP contribution in [0.1, 0.15) is 26.2 Å². The highest BCUT2D eigenvalue weighted by Crippen LogP contribution is 2.37. The minimum Gasteiger partial charge on any atom is -0.489 e. The Hall–Kier alpha value is -2.33. The van der Waals surface area contributed by atoms with Crippen molar-refractivity contribution >= 4 is 20.0 Å². The Morgan fingerprint density at radius 3 is 2.58 bits per heavy atom. The van der Waals surface area contributed by atoms with Gasteiger partial charge in [-0.05, 0) is 38.3 Å². The first kappa shape index (κ1) is 28.7. The molecule has 1 aromatic heterocycles. The number of piperidine rings is 1. The van der Waals surface area contributed by atoms with Crippen LogP contribution in [-0.4, -0.2) is 81.4 Å². The molecule has 2 aliphatic rings. The zero-order valence-electron chi connectivity index (χ0n) is 21.2. The molecule has 3 heterocycles. The van der Waals surface area contributed by atoms with E-state index in [1.165, 1.54) is 34.8 Å². The van der Waals surface area contributed by atoms with Gasteiger partial charge in [-0.2, -0.15) is 4.31 Å². The third kappa shape index (κ3) is 6.45. The van der Waals surface area contributed by atoms with Crippen molar-refractivity contribution in [3.05, 3.63) is 52.9 Å². The molecule has 2 aliphatic heterocycles. The molecule has 14 heteroatoms. The van der Waals surface area contributed by atoms with E-state index in [2.05, 4.69) is 5.32 Å². The monoisotopic (exact) mass is 570 g/mol. The fraction of sp³-hybridized carbons (Fsp3) is 0.542. The number of benzene rings is 1. The topological polar surface area (TPSA) is 170 Å². The number of aliphatic hydroxyl groups excluding tert-OH is 1. The number of aliphatic hydroxyl groups is 1. The predicted molar refractivity (Wildman–Crippen MR) is 139 cm³/mol. The molecule has 2 fully saturated rings. The SMILES string of the molecule is CCn1ccc(=O)c(S(=O)(=O)N2CCC3(CC2)C[C@@H](NC[C@H](O)COc2ccccc2S(N)(=O)=O)CO3)c1. The fourth-order valence-corrected chi connectivity index (χ4v) is 7.05. The van der Waals surface area contributed by atoms with E-state index >= 15 is 0 Å². The first-order valence-corrected chi connectivity index (χ1v) is 15.4. The van der Waals surface area contributed by atoms with Gasteiger partial charge in [0, 0.05) is 50.7 Å². The Bertz CT molecular complexity index is 1400. The van der Waals surface area contributed by atoms with Crippen molar-refractivity contribution in [2.75, 3.05) is 32.8 Å². The Balaban J connectivity index is 1.27. The van der Waals surface area contributed by atoms with Crippen LogP contribution < -0.4 is 20.6 Å². The number of para-hydroxylation sites is 1. The zero-order chi connectivity index (χ0) is 27.6. The third-order valence-corrected chi connectivity index (χ3v) is 9.86. The Morgan fingerprint density at radius 1 is 1.18 bits per heavy atom. The molecule has 0 amide bonds. The van der Waals surface area contributed by atoms with Gasteiger partial charge in [0.2, 0.25) is 25.5 Å². The molecule has 1 aromatic carbocycles. The standard InChI is InChI=1S/C24H34N4O8S2/c1-2-27-10-7-20(30)23(15-27)38(33,34)28-11-8-24(9-12-28)13-18(16-36-24)26-14-19(29)17-35-21-5-3-4-6-22(21)37(25,31)32/h3-7,10,15,18-19,26,29H,2,8-9,11-14,16-17H2,1H3,(H2,25,31,32)/t18-,19+/m1/s1. The smallest absolute Gasteiger partial charge is 0.248 e. The van der Waals surface area contributed by atoms with Gasteiger partial charge in [-0.25, -0.2) is 22.0 Å². The number of rotatable bonds is 10. The number of hydrogen-bond acceptors (Lipinski definition) is 9. The van der Waals surface area contributed by atoms with E-state index in [0.717, 1.165) is 0 Å². The van der Waals surface area contributed by atoms with Gasteiger partial charge < -0.3 is 24.5 Å². The van der Waals surface area contributed by atoms with Gasteiger partial charge >= 0.3 is 0 Å². The van der Waals surface area contributed by atoms with Gasteiger partial charge in [0.25, 0.3) is 0 Å². The first-order chi connectivity index (χ1) is 17.9. The summed E-state index contributed by atoms with van der Waals surface area (Å²) in [4.78, 5) is 11.9. The second-order valence-corrected chi connectivity index (χ2v) is 13.1. The molecular weight excluding hydrogens is 536 g/mol. The lowest BCUT2D eigenvalue weighted by molar-refractivity contribution is -0.0312. The average Bonchev–Trinajstić information content (AvgIpc) is 3.28. The molecule has 1 spiro atoms. The van der Waals surface area contributed by atoms with Gasteiger partial charge in [-0.1, -0.05) is 12.1 Å². The molecular formula is C24H34N4O8S2. The summed E-state index contributed by atoms with van der Waals surface area (Å²) in [6.45, 7) is 3.38. The molecule has 0 aliphatic carbocycles. The van der Waals surface area contributed by atoms with Gasteiger partial charge in [-0.3, -0.25) is 4.79 Å². The molecule has 2 aromatic rings. The number of aromatic nitrogens is 1. The summed E-state index contributed by atoms with van der Waals surface area (Å²) in [6.07, 6.45) is 3.68. The second-order valence-electron chi connectivity index (χ2n) is 9.67. The van der Waals surface area contributed by atoms with E-state index in [4.69, 9.17) is 14.6 Å². The highest BCUT2D eigenvalue weighted by atomic mass is 32.2. The summed E-state index contributed by atoms with van der Waals surface area (Å²) in [5.41, 5.74) is -0.994. The van der Waals surface area contributed by atoms with Crippen molar-refractivity contribution in [2.24, 2.45) is 5.14 Å². The molecule has 12 nitrogen and oxygen atoms in total. The van der Waals surface area contributed by atoms with E-state index < -0.39 is 37.2 Å². The number of pyridine rings is 1. The molecule has 2 saturated heterocycles. The van der Waals surface area contributed by atoms with Crippen LogP contribution in [0.25, 0.3) is 0 Å². The lowest BCUT2D eigenvalue weighted by atomic mass is 9.88. The summed E-state index contributed by atoms with van der Waals surface area (Å²) in [6, 6.07) is 7.18. The highest BCUT2D eigenvalue weighted by Gasteiger charge is 2.45. The summed E-state index contributed by atoms with van der Waals surface area (Å²) in [5.74, 6) is 0.0722. The summed E-state index contributed by atoms with van der Waals surface area (Å²) < 4.78 is 64.3. The van der Waals surface area contributed by atoms with Gasteiger partial charge in [0.15, 0.2) is 0 Å². The quantitative estimate of drug-likeness (QED) is 0.352. The van der Waals surface area contributed by atoms with Crippen molar-refractivity contribution in [3.8, 4) is 5.75 Å². The number of nitrogens with zero attached hydrogens (tertiary/aromatic N) is 2. The number of sulfonamides is 2. The maximum absolute atomic E-state index is 13.1. The van der Waals surface area contributed by atoms with Crippen molar-refractivity contribution in [1.29, 1.82) is 0 Å². The normalized spacial score (nSPS) is 21.0. The van der Waals surface area contributed by atoms with Crippen LogP contribution in [0.4, 0.5) is 0 Å². The minimum atomic E-state index is -3.95. The first-order valence-electron chi connectivity index (χ1n) is 12.4. The van der Waals surface area contributed by atoms with E-state index in [1.807, 2.05) is 6.92 Å². The highest BCUT2D eigenvalue weighted by molar-refractivity contribution is 7.89. The van der Waals surface area contributed by atoms with E-state index in [9.17, 15) is 26.7 Å². The van der Waals surface area contributed by atoms with Crippen molar-refractivity contribution < 1.29 is 31.4 Å². The van der Waals surface area contributed by atoms with Crippen LogP contribution >= 0.6 is 0 Å². The number of nitrogens with one attached hydrogen (secondary N) is 1. The third-order valence-electron chi connectivity index (χ3n) is 7.00. The van der Waals surface area contributed by atoms with E-state index in [-0.39, 0.29) is 47.8 Å². The number of primary sulfonamides is 1. The fourth-order valence-electron chi connectivity index (χ4n) is 4.84. The molecule has 2 atom stereocenters. The van der Waals surface area contributed by atoms with Gasteiger partial charge in [0.1, 0.15) is 28.3 Å². The zero-order valence-corrected chi connectivity index (χ0v) is 22.8. The van der Waals surface area contributed by atoms with Crippen molar-refractivity contribution in [1.82, 2.24) is 14.2 Å². The Kier molecular flexibility index (Phi) is 8.62. The van der Waals surface area contributed by atoms with Crippen LogP contribution in [0, 0.1) is 0 Å². The Labute approximate surface area is 222 Å². The number of aryl methyl sites for hydroxylation is 1. The molecule has 4 N–H and O–H groups in total. The molecule has 210 valence electrons. The van der Waals surface area contributed by atoms with Crippen molar-refractivity contribution in [2.45, 2.75) is 60.3 Å². The molecule has 0 saturated carbocycles. The number of hydrogen-bond donors (Lipinski definition) is 3. The molecule has 4 rings (SSSR count). The van der Waals surface area contributed by atoms with Crippen LogP contribution in [0.2, 0.25) is 0 Å². The lowest BCUT2D eigenvalue weighted by Gasteiger charge is -2.38. The van der Waals surface area contributed by atoms with Crippen molar-refractivity contribution in [3.63, 3.8) is 0 Å². The lowest BCUT2D eigenvalue weighted by Crippen LogP contribution is -2.47. The molecule has 0 unspecified atom stereocenters. The Morgan fingerprint density at radius 2 is 1.89 bits per heavy atom. The van der Waals surface area contributed by atoms with Crippen LogP contribution in [0.5, 0.6) is 5.75 Å². The van der Waals surface area contributed by atoms with Crippen LogP contribution in [0.3, 0.4) is 0 Å². The van der Waals surface area contributed by atoms with Crippen LogP contribution in [0.15, 0.2) is 57.3 Å². The maximum atomic E-state index is 13.1. The molecule has 38 heavy (non-hydrogen) atoms. The van der Waals surface area contributed by atoms with Crippen LogP contribution in [-0.2, 0) is 31.3 Å². The largest absolute Gasteiger partial charge is 0.489 e.